The zero-order valence-corrected chi connectivity index (χ0v) is 13.9. The van der Waals surface area contributed by atoms with Crippen LogP contribution in [0.3, 0.4) is 0 Å². The molecule has 1 fully saturated rings. The van der Waals surface area contributed by atoms with Crippen molar-refractivity contribution in [2.75, 3.05) is 26.3 Å². The first-order chi connectivity index (χ1) is 10.2. The molecule has 2 amide bonds. The third-order valence-electron chi connectivity index (χ3n) is 3.35. The van der Waals surface area contributed by atoms with E-state index in [0.29, 0.717) is 19.7 Å². The summed E-state index contributed by atoms with van der Waals surface area (Å²) in [5.74, 6) is 0.244. The van der Waals surface area contributed by atoms with E-state index >= 15 is 0 Å². The van der Waals surface area contributed by atoms with Crippen LogP contribution in [0.2, 0.25) is 0 Å². The van der Waals surface area contributed by atoms with Gasteiger partial charge in [0.15, 0.2) is 0 Å². The highest BCUT2D eigenvalue weighted by Crippen LogP contribution is 2.20. The summed E-state index contributed by atoms with van der Waals surface area (Å²) in [4.78, 5) is 25.1. The van der Waals surface area contributed by atoms with Gasteiger partial charge in [-0.05, 0) is 46.5 Å². The number of carbonyl (C=O) groups excluding carboxylic acids is 2. The molecule has 1 heterocycles. The predicted molar refractivity (Wildman–Crippen MR) is 81.6 cm³/mol. The monoisotopic (exact) mass is 316 g/mol. The summed E-state index contributed by atoms with van der Waals surface area (Å²) >= 11 is 0. The lowest BCUT2D eigenvalue weighted by Crippen LogP contribution is -2.43. The largest absolute Gasteiger partial charge is 0.449 e. The second-order valence-electron chi connectivity index (χ2n) is 6.74. The lowest BCUT2D eigenvalue weighted by atomic mass is 9.98. The standard InChI is InChI=1S/C15H28N2O5/c1-11(9-18)16-13(19)21-10-12-5-7-17(8-6-12)14(20)22-15(2,3)4/h11-12,18H,5-10H2,1-4H3,(H,16,19). The molecule has 7 heteroatoms. The minimum absolute atomic E-state index is 0.122. The molecule has 1 rings (SSSR count). The van der Waals surface area contributed by atoms with E-state index in [0.717, 1.165) is 12.8 Å². The Kier molecular flexibility index (Phi) is 6.93. The van der Waals surface area contributed by atoms with Gasteiger partial charge in [-0.15, -0.1) is 0 Å². The minimum atomic E-state index is -0.517. The molecule has 1 unspecified atom stereocenters. The van der Waals surface area contributed by atoms with E-state index in [-0.39, 0.29) is 24.7 Å². The Bertz CT molecular complexity index is 373. The number of alkyl carbamates (subject to hydrolysis) is 1. The van der Waals surface area contributed by atoms with E-state index in [4.69, 9.17) is 14.6 Å². The first-order valence-corrected chi connectivity index (χ1v) is 7.73. The molecular formula is C15H28N2O5. The average molecular weight is 316 g/mol. The summed E-state index contributed by atoms with van der Waals surface area (Å²) in [5, 5.41) is 11.4. The fraction of sp³-hybridized carbons (Fsp3) is 0.867. The van der Waals surface area contributed by atoms with Gasteiger partial charge >= 0.3 is 12.2 Å². The molecule has 7 nitrogen and oxygen atoms in total. The predicted octanol–water partition coefficient (Wildman–Crippen LogP) is 1.74. The van der Waals surface area contributed by atoms with Crippen molar-refractivity contribution in [2.45, 2.75) is 52.2 Å². The Hall–Kier alpha value is -1.50. The molecule has 0 radical (unpaired) electrons. The molecule has 0 saturated carbocycles. The van der Waals surface area contributed by atoms with E-state index in [1.807, 2.05) is 20.8 Å². The summed E-state index contributed by atoms with van der Waals surface area (Å²) in [7, 11) is 0. The second kappa shape index (κ2) is 8.22. The second-order valence-corrected chi connectivity index (χ2v) is 6.74. The number of ether oxygens (including phenoxy) is 2. The molecule has 2 N–H and O–H groups in total. The number of hydrogen-bond donors (Lipinski definition) is 2. The number of piperidine rings is 1. The first kappa shape index (κ1) is 18.5. The van der Waals surface area contributed by atoms with Crippen molar-refractivity contribution in [1.29, 1.82) is 0 Å². The maximum atomic E-state index is 11.9. The van der Waals surface area contributed by atoms with Gasteiger partial charge in [-0.1, -0.05) is 0 Å². The topological polar surface area (TPSA) is 88.1 Å². The molecular weight excluding hydrogens is 288 g/mol. The molecule has 1 aliphatic rings. The van der Waals surface area contributed by atoms with Crippen LogP contribution in [0.1, 0.15) is 40.5 Å². The van der Waals surface area contributed by atoms with Crippen LogP contribution in [-0.4, -0.2) is 60.1 Å². The van der Waals surface area contributed by atoms with Crippen molar-refractivity contribution >= 4 is 12.2 Å². The fourth-order valence-corrected chi connectivity index (χ4v) is 2.09. The summed E-state index contributed by atoms with van der Waals surface area (Å²) < 4.78 is 10.5. The number of likely N-dealkylation sites (tertiary alicyclic amines) is 1. The molecule has 1 saturated heterocycles. The minimum Gasteiger partial charge on any atom is -0.449 e. The number of rotatable bonds is 4. The molecule has 0 aromatic rings. The number of hydrogen-bond acceptors (Lipinski definition) is 5. The molecule has 0 aromatic carbocycles. The quantitative estimate of drug-likeness (QED) is 0.825. The van der Waals surface area contributed by atoms with Crippen molar-refractivity contribution in [3.05, 3.63) is 0 Å². The van der Waals surface area contributed by atoms with Gasteiger partial charge in [0.1, 0.15) is 5.60 Å². The molecule has 0 aromatic heterocycles. The van der Waals surface area contributed by atoms with Crippen LogP contribution in [0.15, 0.2) is 0 Å². The average Bonchev–Trinajstić information content (AvgIpc) is 2.43. The Morgan fingerprint density at radius 3 is 2.41 bits per heavy atom. The van der Waals surface area contributed by atoms with Gasteiger partial charge in [-0.25, -0.2) is 9.59 Å². The van der Waals surface area contributed by atoms with Gasteiger partial charge in [0.05, 0.1) is 19.3 Å². The highest BCUT2D eigenvalue weighted by atomic mass is 16.6. The molecule has 128 valence electrons. The molecule has 0 aliphatic carbocycles. The third kappa shape index (κ3) is 6.98. The van der Waals surface area contributed by atoms with E-state index in [2.05, 4.69) is 5.32 Å². The molecule has 1 atom stereocenters. The number of amides is 2. The fourth-order valence-electron chi connectivity index (χ4n) is 2.09. The zero-order chi connectivity index (χ0) is 16.8. The molecule has 0 spiro atoms. The maximum Gasteiger partial charge on any atom is 0.410 e. The van der Waals surface area contributed by atoms with Crippen LogP contribution in [0.5, 0.6) is 0 Å². The van der Waals surface area contributed by atoms with Gasteiger partial charge in [-0.3, -0.25) is 0 Å². The van der Waals surface area contributed by atoms with Gasteiger partial charge in [0, 0.05) is 13.1 Å². The smallest absolute Gasteiger partial charge is 0.410 e. The van der Waals surface area contributed by atoms with Crippen LogP contribution in [0.4, 0.5) is 9.59 Å². The SMILES string of the molecule is CC(CO)NC(=O)OCC1CCN(C(=O)OC(C)(C)C)CC1. The highest BCUT2D eigenvalue weighted by Gasteiger charge is 2.27. The van der Waals surface area contributed by atoms with Crippen LogP contribution in [0.25, 0.3) is 0 Å². The Balaban J connectivity index is 2.25. The van der Waals surface area contributed by atoms with Crippen molar-refractivity contribution in [2.24, 2.45) is 5.92 Å². The lowest BCUT2D eigenvalue weighted by molar-refractivity contribution is 0.0148. The normalized spacial score (nSPS) is 17.8. The number of nitrogens with one attached hydrogen (secondary N) is 1. The van der Waals surface area contributed by atoms with Crippen molar-refractivity contribution in [3.8, 4) is 0 Å². The summed E-state index contributed by atoms with van der Waals surface area (Å²) in [6, 6.07) is -0.318. The highest BCUT2D eigenvalue weighted by molar-refractivity contribution is 5.68. The van der Waals surface area contributed by atoms with Crippen molar-refractivity contribution in [1.82, 2.24) is 10.2 Å². The lowest BCUT2D eigenvalue weighted by Gasteiger charge is -2.33. The van der Waals surface area contributed by atoms with E-state index in [1.54, 1.807) is 11.8 Å². The van der Waals surface area contributed by atoms with Gasteiger partial charge < -0.3 is 24.8 Å². The Labute approximate surface area is 131 Å². The summed E-state index contributed by atoms with van der Waals surface area (Å²) in [5.41, 5.74) is -0.488. The van der Waals surface area contributed by atoms with Crippen LogP contribution in [-0.2, 0) is 9.47 Å². The van der Waals surface area contributed by atoms with Crippen LogP contribution in [0, 0.1) is 5.92 Å². The Morgan fingerprint density at radius 1 is 1.32 bits per heavy atom. The maximum absolute atomic E-state index is 11.9. The first-order valence-electron chi connectivity index (χ1n) is 7.73. The Morgan fingerprint density at radius 2 is 1.91 bits per heavy atom. The molecule has 22 heavy (non-hydrogen) atoms. The van der Waals surface area contributed by atoms with E-state index < -0.39 is 11.7 Å². The van der Waals surface area contributed by atoms with Crippen LogP contribution < -0.4 is 5.32 Å². The summed E-state index contributed by atoms with van der Waals surface area (Å²) in [6.45, 7) is 8.65. The summed E-state index contributed by atoms with van der Waals surface area (Å²) in [6.07, 6.45) is 0.752. The van der Waals surface area contributed by atoms with Crippen molar-refractivity contribution in [3.63, 3.8) is 0 Å². The zero-order valence-electron chi connectivity index (χ0n) is 13.9. The van der Waals surface area contributed by atoms with E-state index in [1.165, 1.54) is 0 Å². The molecule has 0 bridgehead atoms. The number of aliphatic hydroxyl groups is 1. The van der Waals surface area contributed by atoms with Gasteiger partial charge in [-0.2, -0.15) is 0 Å². The number of carbonyl (C=O) groups is 2. The van der Waals surface area contributed by atoms with E-state index in [9.17, 15) is 9.59 Å². The molecule has 1 aliphatic heterocycles. The van der Waals surface area contributed by atoms with Gasteiger partial charge in [0.25, 0.3) is 0 Å². The van der Waals surface area contributed by atoms with Crippen molar-refractivity contribution < 1.29 is 24.2 Å². The third-order valence-corrected chi connectivity index (χ3v) is 3.35. The van der Waals surface area contributed by atoms with Gasteiger partial charge in [0.2, 0.25) is 0 Å². The van der Waals surface area contributed by atoms with Crippen LogP contribution >= 0.6 is 0 Å². The number of aliphatic hydroxyl groups excluding tert-OH is 1. The number of nitrogens with zero attached hydrogens (tertiary/aromatic N) is 1.